The molecule has 0 fully saturated rings. The highest BCUT2D eigenvalue weighted by atomic mass is 16.4. The van der Waals surface area contributed by atoms with Crippen LogP contribution in [0.25, 0.3) is 22.9 Å². The van der Waals surface area contributed by atoms with E-state index in [0.717, 1.165) is 5.56 Å². The molecule has 10 nitrogen and oxygen atoms in total. The zero-order valence-electron chi connectivity index (χ0n) is 20.7. The molecule has 10 heteroatoms. The van der Waals surface area contributed by atoms with E-state index in [4.69, 9.17) is 19.0 Å². The Labute approximate surface area is 213 Å². The fourth-order valence-corrected chi connectivity index (χ4v) is 4.05. The first-order chi connectivity index (χ1) is 17.8. The Balaban J connectivity index is 1.47. The number of rotatable bonds is 8. The molecular weight excluding hydrogens is 472 g/mol. The van der Waals surface area contributed by atoms with Gasteiger partial charge in [0.05, 0.1) is 24.0 Å². The van der Waals surface area contributed by atoms with Crippen molar-refractivity contribution in [3.8, 4) is 22.9 Å². The summed E-state index contributed by atoms with van der Waals surface area (Å²) in [6.45, 7) is 3.88. The second-order valence-electron chi connectivity index (χ2n) is 9.15. The Morgan fingerprint density at radius 1 is 1.05 bits per heavy atom. The van der Waals surface area contributed by atoms with Gasteiger partial charge in [0.15, 0.2) is 5.89 Å². The van der Waals surface area contributed by atoms with Gasteiger partial charge >= 0.3 is 0 Å². The van der Waals surface area contributed by atoms with Crippen LogP contribution in [0.2, 0.25) is 0 Å². The third-order valence-corrected chi connectivity index (χ3v) is 5.85. The Morgan fingerprint density at radius 3 is 2.49 bits per heavy atom. The first-order valence-electron chi connectivity index (χ1n) is 11.7. The number of benzene rings is 2. The molecule has 1 amide bonds. The molecule has 1 atom stereocenters. The van der Waals surface area contributed by atoms with Gasteiger partial charge in [-0.05, 0) is 37.1 Å². The highest BCUT2D eigenvalue weighted by Crippen LogP contribution is 2.30. The number of carbonyl (C=O) groups is 1. The number of nitrogens with zero attached hydrogens (tertiary/aromatic N) is 5. The van der Waals surface area contributed by atoms with Crippen LogP contribution in [-0.4, -0.2) is 38.0 Å². The first-order valence-corrected chi connectivity index (χ1v) is 11.7. The van der Waals surface area contributed by atoms with Gasteiger partial charge in [0, 0.05) is 30.7 Å². The van der Waals surface area contributed by atoms with Crippen molar-refractivity contribution in [3.63, 3.8) is 0 Å². The molecule has 5 aromatic rings. The van der Waals surface area contributed by atoms with Crippen LogP contribution in [0.3, 0.4) is 0 Å². The van der Waals surface area contributed by atoms with Crippen LogP contribution in [0, 0.1) is 6.92 Å². The molecule has 188 valence electrons. The van der Waals surface area contributed by atoms with Gasteiger partial charge in [-0.25, -0.2) is 9.97 Å². The van der Waals surface area contributed by atoms with Crippen LogP contribution in [-0.2, 0) is 18.5 Å². The van der Waals surface area contributed by atoms with Crippen LogP contribution in [0.5, 0.6) is 0 Å². The van der Waals surface area contributed by atoms with E-state index in [1.807, 2.05) is 37.3 Å². The summed E-state index contributed by atoms with van der Waals surface area (Å²) in [7, 11) is 1.69. The van der Waals surface area contributed by atoms with Gasteiger partial charge in [0.2, 0.25) is 17.7 Å². The molecule has 3 heterocycles. The predicted molar refractivity (Wildman–Crippen MR) is 134 cm³/mol. The summed E-state index contributed by atoms with van der Waals surface area (Å²) in [5.74, 6) is 1.19. The van der Waals surface area contributed by atoms with Gasteiger partial charge in [0.25, 0.3) is 5.91 Å². The van der Waals surface area contributed by atoms with Gasteiger partial charge in [-0.2, -0.15) is 0 Å². The minimum absolute atomic E-state index is 0.233. The molecule has 2 aromatic carbocycles. The SMILES string of the molecule is Cc1nc(CN(C)C(=O)c2cc(-c3ncco3)cc(-c3nnc([C@](C)(N)Cc4ccccc4)o3)c2)co1. The summed E-state index contributed by atoms with van der Waals surface area (Å²) >= 11 is 0. The second-order valence-corrected chi connectivity index (χ2v) is 9.15. The lowest BCUT2D eigenvalue weighted by Gasteiger charge is -2.20. The van der Waals surface area contributed by atoms with E-state index in [9.17, 15) is 4.79 Å². The van der Waals surface area contributed by atoms with E-state index >= 15 is 0 Å². The molecule has 37 heavy (non-hydrogen) atoms. The average Bonchev–Trinajstić information content (AvgIpc) is 3.66. The van der Waals surface area contributed by atoms with E-state index in [-0.39, 0.29) is 18.3 Å². The van der Waals surface area contributed by atoms with Gasteiger partial charge < -0.3 is 23.9 Å². The molecule has 0 saturated carbocycles. The quantitative estimate of drug-likeness (QED) is 0.330. The molecule has 0 saturated heterocycles. The van der Waals surface area contributed by atoms with Crippen molar-refractivity contribution in [2.45, 2.75) is 32.4 Å². The van der Waals surface area contributed by atoms with Crippen molar-refractivity contribution in [2.24, 2.45) is 5.73 Å². The molecule has 0 aliphatic heterocycles. The smallest absolute Gasteiger partial charge is 0.253 e. The maximum absolute atomic E-state index is 13.4. The standard InChI is InChI=1S/C27H26N6O4/c1-17-30-22(16-36-17)15-33(3)25(34)21-12-19(23-29-9-10-35-23)11-20(13-21)24-31-32-26(37-24)27(2,28)14-18-7-5-4-6-8-18/h4-13,16H,14-15,28H2,1-3H3/t27-/m1/s1. The molecule has 0 aliphatic carbocycles. The average molecular weight is 499 g/mol. The van der Waals surface area contributed by atoms with Crippen molar-refractivity contribution >= 4 is 5.91 Å². The van der Waals surface area contributed by atoms with Crippen molar-refractivity contribution in [2.75, 3.05) is 7.05 Å². The van der Waals surface area contributed by atoms with Gasteiger partial charge in [-0.1, -0.05) is 30.3 Å². The molecular formula is C27H26N6O4. The fourth-order valence-electron chi connectivity index (χ4n) is 4.05. The number of amides is 1. The van der Waals surface area contributed by atoms with E-state index < -0.39 is 5.54 Å². The minimum atomic E-state index is -0.888. The lowest BCUT2D eigenvalue weighted by Crippen LogP contribution is -2.35. The van der Waals surface area contributed by atoms with Crippen LogP contribution in [0.4, 0.5) is 0 Å². The third-order valence-electron chi connectivity index (χ3n) is 5.85. The topological polar surface area (TPSA) is 137 Å². The maximum atomic E-state index is 13.4. The molecule has 0 spiro atoms. The number of aromatic nitrogens is 4. The summed E-state index contributed by atoms with van der Waals surface area (Å²) < 4.78 is 16.8. The Morgan fingerprint density at radius 2 is 1.81 bits per heavy atom. The van der Waals surface area contributed by atoms with Crippen molar-refractivity contribution in [1.82, 2.24) is 25.1 Å². The van der Waals surface area contributed by atoms with E-state index in [0.29, 0.717) is 46.5 Å². The van der Waals surface area contributed by atoms with Gasteiger partial charge in [0.1, 0.15) is 12.5 Å². The van der Waals surface area contributed by atoms with Crippen LogP contribution >= 0.6 is 0 Å². The summed E-state index contributed by atoms with van der Waals surface area (Å²) in [6, 6.07) is 15.0. The second kappa shape index (κ2) is 9.82. The number of oxazole rings is 2. The predicted octanol–water partition coefficient (Wildman–Crippen LogP) is 4.38. The number of hydrogen-bond acceptors (Lipinski definition) is 9. The van der Waals surface area contributed by atoms with Crippen molar-refractivity contribution < 1.29 is 18.0 Å². The van der Waals surface area contributed by atoms with E-state index in [2.05, 4.69) is 20.2 Å². The van der Waals surface area contributed by atoms with Crippen LogP contribution in [0.15, 0.2) is 80.5 Å². The van der Waals surface area contributed by atoms with Gasteiger partial charge in [-0.15, -0.1) is 10.2 Å². The van der Waals surface area contributed by atoms with Gasteiger partial charge in [-0.3, -0.25) is 4.79 Å². The molecule has 0 unspecified atom stereocenters. The zero-order valence-corrected chi connectivity index (χ0v) is 20.7. The molecule has 0 bridgehead atoms. The molecule has 3 aromatic heterocycles. The third kappa shape index (κ3) is 5.34. The monoisotopic (exact) mass is 498 g/mol. The molecule has 0 radical (unpaired) electrons. The highest BCUT2D eigenvalue weighted by Gasteiger charge is 2.29. The Bertz CT molecular complexity index is 1500. The highest BCUT2D eigenvalue weighted by molar-refractivity contribution is 5.96. The molecule has 5 rings (SSSR count). The lowest BCUT2D eigenvalue weighted by atomic mass is 9.94. The van der Waals surface area contributed by atoms with E-state index in [1.54, 1.807) is 37.1 Å². The zero-order chi connectivity index (χ0) is 26.0. The summed E-state index contributed by atoms with van der Waals surface area (Å²) in [6.07, 6.45) is 5.06. The molecule has 0 aliphatic rings. The number of nitrogens with two attached hydrogens (primary N) is 1. The number of aryl methyl sites for hydroxylation is 1. The largest absolute Gasteiger partial charge is 0.449 e. The minimum Gasteiger partial charge on any atom is -0.449 e. The Kier molecular flexibility index (Phi) is 6.41. The lowest BCUT2D eigenvalue weighted by molar-refractivity contribution is 0.0783. The number of hydrogen-bond donors (Lipinski definition) is 1. The summed E-state index contributed by atoms with van der Waals surface area (Å²) in [5, 5.41) is 8.46. The van der Waals surface area contributed by atoms with Crippen LogP contribution < -0.4 is 5.73 Å². The summed E-state index contributed by atoms with van der Waals surface area (Å²) in [5.41, 5.74) is 8.91. The molecule has 2 N–H and O–H groups in total. The normalized spacial score (nSPS) is 12.9. The van der Waals surface area contributed by atoms with E-state index in [1.165, 1.54) is 18.7 Å². The van der Waals surface area contributed by atoms with Crippen molar-refractivity contribution in [3.05, 3.63) is 95.9 Å². The van der Waals surface area contributed by atoms with Crippen molar-refractivity contribution in [1.29, 1.82) is 0 Å². The fraction of sp³-hybridized carbons (Fsp3) is 0.222. The summed E-state index contributed by atoms with van der Waals surface area (Å²) in [4.78, 5) is 23.4. The van der Waals surface area contributed by atoms with Crippen LogP contribution in [0.1, 0.15) is 40.3 Å². The number of carbonyl (C=O) groups excluding carboxylic acids is 1. The maximum Gasteiger partial charge on any atom is 0.253 e. The Hall–Kier alpha value is -4.57. The first kappa shape index (κ1) is 24.1.